The van der Waals surface area contributed by atoms with E-state index in [4.69, 9.17) is 9.15 Å². The predicted octanol–water partition coefficient (Wildman–Crippen LogP) is 2.53. The number of furan rings is 1. The summed E-state index contributed by atoms with van der Waals surface area (Å²) in [7, 11) is 1.71. The Balaban J connectivity index is 2.49. The minimum Gasteiger partial charge on any atom is -0.464 e. The number of nitrogens with one attached hydrogen (secondary N) is 1. The first-order valence-corrected chi connectivity index (χ1v) is 5.51. The number of rotatable bonds is 6. The summed E-state index contributed by atoms with van der Waals surface area (Å²) in [5.41, 5.74) is 0. The van der Waals surface area contributed by atoms with Crippen molar-refractivity contribution in [3.63, 3.8) is 0 Å². The molecule has 86 valence electrons. The van der Waals surface area contributed by atoms with Crippen molar-refractivity contribution >= 4 is 0 Å². The van der Waals surface area contributed by atoms with E-state index >= 15 is 0 Å². The van der Waals surface area contributed by atoms with Gasteiger partial charge in [0, 0.05) is 19.6 Å². The lowest BCUT2D eigenvalue weighted by atomic mass is 10.2. The van der Waals surface area contributed by atoms with Crippen molar-refractivity contribution in [3.8, 4) is 0 Å². The van der Waals surface area contributed by atoms with E-state index in [1.165, 1.54) is 0 Å². The van der Waals surface area contributed by atoms with Gasteiger partial charge in [0.1, 0.15) is 11.5 Å². The summed E-state index contributed by atoms with van der Waals surface area (Å²) < 4.78 is 10.7. The van der Waals surface area contributed by atoms with Crippen LogP contribution in [0.1, 0.15) is 38.3 Å². The smallest absolute Gasteiger partial charge is 0.120 e. The van der Waals surface area contributed by atoms with Crippen molar-refractivity contribution < 1.29 is 9.15 Å². The third kappa shape index (κ3) is 3.68. The zero-order chi connectivity index (χ0) is 11.3. The molecule has 3 nitrogen and oxygen atoms in total. The Morgan fingerprint density at radius 1 is 1.40 bits per heavy atom. The summed E-state index contributed by atoms with van der Waals surface area (Å²) in [6.07, 6.45) is 0.945. The maximum atomic E-state index is 5.67. The first-order chi connectivity index (χ1) is 7.17. The van der Waals surface area contributed by atoms with Crippen LogP contribution in [0.3, 0.4) is 0 Å². The predicted molar refractivity (Wildman–Crippen MR) is 61.0 cm³/mol. The summed E-state index contributed by atoms with van der Waals surface area (Å²) >= 11 is 0. The lowest BCUT2D eigenvalue weighted by Gasteiger charge is -2.17. The Bertz CT molecular complexity index is 283. The van der Waals surface area contributed by atoms with Crippen LogP contribution < -0.4 is 5.32 Å². The van der Waals surface area contributed by atoms with Gasteiger partial charge in [0.05, 0.1) is 12.6 Å². The molecule has 0 aliphatic rings. The molecule has 2 unspecified atom stereocenters. The van der Waals surface area contributed by atoms with E-state index in [-0.39, 0.29) is 6.04 Å². The summed E-state index contributed by atoms with van der Waals surface area (Å²) in [5, 5.41) is 3.42. The van der Waals surface area contributed by atoms with Crippen molar-refractivity contribution in [2.24, 2.45) is 0 Å². The van der Waals surface area contributed by atoms with Gasteiger partial charge in [0.25, 0.3) is 0 Å². The fraction of sp³-hybridized carbons (Fsp3) is 0.667. The van der Waals surface area contributed by atoms with E-state index in [1.54, 1.807) is 7.11 Å². The summed E-state index contributed by atoms with van der Waals surface area (Å²) in [6.45, 7) is 7.01. The van der Waals surface area contributed by atoms with E-state index in [0.29, 0.717) is 12.6 Å². The molecule has 2 atom stereocenters. The van der Waals surface area contributed by atoms with E-state index in [1.807, 2.05) is 12.1 Å². The number of hydrogen-bond donors (Lipinski definition) is 1. The molecule has 1 aromatic heterocycles. The third-order valence-electron chi connectivity index (χ3n) is 2.41. The van der Waals surface area contributed by atoms with Gasteiger partial charge in [-0.25, -0.2) is 0 Å². The Morgan fingerprint density at radius 3 is 2.67 bits per heavy atom. The maximum absolute atomic E-state index is 5.67. The quantitative estimate of drug-likeness (QED) is 0.785. The molecular formula is C12H21NO2. The van der Waals surface area contributed by atoms with E-state index in [0.717, 1.165) is 17.9 Å². The van der Waals surface area contributed by atoms with Gasteiger partial charge in [0.2, 0.25) is 0 Å². The van der Waals surface area contributed by atoms with E-state index < -0.39 is 0 Å². The van der Waals surface area contributed by atoms with Gasteiger partial charge in [0.15, 0.2) is 0 Å². The first kappa shape index (κ1) is 12.3. The van der Waals surface area contributed by atoms with Crippen LogP contribution >= 0.6 is 0 Å². The molecule has 0 fully saturated rings. The summed E-state index contributed by atoms with van der Waals surface area (Å²) in [4.78, 5) is 0. The van der Waals surface area contributed by atoms with Gasteiger partial charge in [-0.05, 0) is 26.0 Å². The fourth-order valence-electron chi connectivity index (χ4n) is 1.62. The van der Waals surface area contributed by atoms with Crippen LogP contribution in [0.5, 0.6) is 0 Å². The fourth-order valence-corrected chi connectivity index (χ4v) is 1.62. The molecular weight excluding hydrogens is 190 g/mol. The van der Waals surface area contributed by atoms with Crippen LogP contribution in [0.25, 0.3) is 0 Å². The second-order valence-electron chi connectivity index (χ2n) is 3.90. The molecule has 1 aromatic rings. The lowest BCUT2D eigenvalue weighted by molar-refractivity contribution is 0.165. The second-order valence-corrected chi connectivity index (χ2v) is 3.90. The van der Waals surface area contributed by atoms with E-state index in [2.05, 4.69) is 26.1 Å². The highest BCUT2D eigenvalue weighted by atomic mass is 16.5. The zero-order valence-electron chi connectivity index (χ0n) is 10.0. The first-order valence-electron chi connectivity index (χ1n) is 5.51. The number of hydrogen-bond acceptors (Lipinski definition) is 3. The molecule has 3 heteroatoms. The molecule has 0 bridgehead atoms. The Morgan fingerprint density at radius 2 is 2.13 bits per heavy atom. The average Bonchev–Trinajstić information content (AvgIpc) is 2.66. The molecule has 0 spiro atoms. The molecule has 0 aromatic carbocycles. The minimum absolute atomic E-state index is 0.232. The van der Waals surface area contributed by atoms with Crippen LogP contribution in [0.15, 0.2) is 16.5 Å². The zero-order valence-corrected chi connectivity index (χ0v) is 10.0. The second kappa shape index (κ2) is 5.93. The van der Waals surface area contributed by atoms with Crippen molar-refractivity contribution in [2.75, 3.05) is 13.7 Å². The molecule has 15 heavy (non-hydrogen) atoms. The van der Waals surface area contributed by atoms with Crippen LogP contribution in [0.2, 0.25) is 0 Å². The molecule has 1 rings (SSSR count). The summed E-state index contributed by atoms with van der Waals surface area (Å²) in [5.74, 6) is 2.04. The van der Waals surface area contributed by atoms with Crippen molar-refractivity contribution in [2.45, 2.75) is 39.3 Å². The number of ether oxygens (including phenoxy) is 1. The standard InChI is InChI=1S/C12H21NO2/c1-5-11-6-7-12(15-11)10(3)13-9(2)8-14-4/h6-7,9-10,13H,5,8H2,1-4H3. The van der Waals surface area contributed by atoms with Gasteiger partial charge < -0.3 is 14.5 Å². The number of methoxy groups -OCH3 is 1. The van der Waals surface area contributed by atoms with Crippen molar-refractivity contribution in [1.82, 2.24) is 5.32 Å². The normalized spacial score (nSPS) is 15.2. The highest BCUT2D eigenvalue weighted by Crippen LogP contribution is 2.16. The molecule has 0 amide bonds. The van der Waals surface area contributed by atoms with Gasteiger partial charge in [-0.2, -0.15) is 0 Å². The largest absolute Gasteiger partial charge is 0.464 e. The van der Waals surface area contributed by atoms with Gasteiger partial charge in [-0.15, -0.1) is 0 Å². The highest BCUT2D eigenvalue weighted by Gasteiger charge is 2.12. The van der Waals surface area contributed by atoms with Crippen LogP contribution in [-0.4, -0.2) is 19.8 Å². The molecule has 0 radical (unpaired) electrons. The molecule has 0 aliphatic heterocycles. The Labute approximate surface area is 91.8 Å². The topological polar surface area (TPSA) is 34.4 Å². The summed E-state index contributed by atoms with van der Waals surface area (Å²) in [6, 6.07) is 4.64. The van der Waals surface area contributed by atoms with Crippen LogP contribution in [-0.2, 0) is 11.2 Å². The maximum Gasteiger partial charge on any atom is 0.120 e. The Hall–Kier alpha value is -0.800. The molecule has 0 saturated carbocycles. The molecule has 0 saturated heterocycles. The van der Waals surface area contributed by atoms with Crippen LogP contribution in [0.4, 0.5) is 0 Å². The molecule has 0 aliphatic carbocycles. The van der Waals surface area contributed by atoms with Crippen LogP contribution in [0, 0.1) is 0 Å². The highest BCUT2D eigenvalue weighted by molar-refractivity contribution is 5.10. The van der Waals surface area contributed by atoms with Crippen molar-refractivity contribution in [1.29, 1.82) is 0 Å². The SMILES string of the molecule is CCc1ccc(C(C)NC(C)COC)o1. The molecule has 1 N–H and O–H groups in total. The lowest BCUT2D eigenvalue weighted by Crippen LogP contribution is -2.32. The monoisotopic (exact) mass is 211 g/mol. The van der Waals surface area contributed by atoms with E-state index in [9.17, 15) is 0 Å². The minimum atomic E-state index is 0.232. The average molecular weight is 211 g/mol. The van der Waals surface area contributed by atoms with Crippen molar-refractivity contribution in [3.05, 3.63) is 23.7 Å². The van der Waals surface area contributed by atoms with Gasteiger partial charge >= 0.3 is 0 Å². The third-order valence-corrected chi connectivity index (χ3v) is 2.41. The van der Waals surface area contributed by atoms with Gasteiger partial charge in [-0.3, -0.25) is 0 Å². The Kier molecular flexibility index (Phi) is 4.85. The number of aryl methyl sites for hydroxylation is 1. The van der Waals surface area contributed by atoms with Gasteiger partial charge in [-0.1, -0.05) is 6.92 Å². The molecule has 1 heterocycles.